The smallest absolute Gasteiger partial charge is 0.193 e. The second-order valence-electron chi connectivity index (χ2n) is 5.90. The molecule has 1 N–H and O–H groups in total. The monoisotopic (exact) mass is 290 g/mol. The molecule has 1 unspecified atom stereocenters. The van der Waals surface area contributed by atoms with E-state index in [1.165, 1.54) is 25.7 Å². The molecule has 116 valence electrons. The fraction of sp³-hybridized carbons (Fsp3) is 0.688. The summed E-state index contributed by atoms with van der Waals surface area (Å²) in [5, 5.41) is 3.55. The molecule has 0 radical (unpaired) electrons. The molecule has 0 aliphatic carbocycles. The molecule has 0 spiro atoms. The van der Waals surface area contributed by atoms with Crippen molar-refractivity contribution in [2.45, 2.75) is 31.7 Å². The largest absolute Gasteiger partial charge is 0.468 e. The maximum Gasteiger partial charge on any atom is 0.193 e. The van der Waals surface area contributed by atoms with Gasteiger partial charge in [-0.2, -0.15) is 0 Å². The van der Waals surface area contributed by atoms with Crippen LogP contribution in [-0.4, -0.2) is 55.5 Å². The molecule has 0 amide bonds. The van der Waals surface area contributed by atoms with E-state index in [4.69, 9.17) is 4.42 Å². The molecule has 2 aliphatic heterocycles. The van der Waals surface area contributed by atoms with E-state index in [0.29, 0.717) is 6.04 Å². The predicted octanol–water partition coefficient (Wildman–Crippen LogP) is 2.09. The molecule has 2 aliphatic rings. The van der Waals surface area contributed by atoms with Crippen molar-refractivity contribution in [1.82, 2.24) is 15.1 Å². The summed E-state index contributed by atoms with van der Waals surface area (Å²) in [6.45, 7) is 5.42. The van der Waals surface area contributed by atoms with Gasteiger partial charge in [-0.05, 0) is 50.9 Å². The Labute approximate surface area is 127 Å². The van der Waals surface area contributed by atoms with Crippen LogP contribution in [0.3, 0.4) is 0 Å². The first kappa shape index (κ1) is 14.4. The van der Waals surface area contributed by atoms with Gasteiger partial charge in [0.2, 0.25) is 0 Å². The minimum atomic E-state index is 0.307. The number of hydrogen-bond acceptors (Lipinski definition) is 3. The molecule has 1 aromatic heterocycles. The zero-order chi connectivity index (χ0) is 14.5. The molecule has 0 aromatic carbocycles. The molecule has 21 heavy (non-hydrogen) atoms. The molecule has 1 atom stereocenters. The van der Waals surface area contributed by atoms with Crippen molar-refractivity contribution in [2.24, 2.45) is 4.99 Å². The van der Waals surface area contributed by atoms with Gasteiger partial charge in [-0.3, -0.25) is 9.89 Å². The van der Waals surface area contributed by atoms with Crippen molar-refractivity contribution in [3.05, 3.63) is 24.2 Å². The molecule has 0 bridgehead atoms. The molecule has 5 nitrogen and oxygen atoms in total. The molecular formula is C16H26N4O. The maximum absolute atomic E-state index is 5.66. The molecule has 1 aromatic rings. The molecule has 0 saturated carbocycles. The lowest BCUT2D eigenvalue weighted by molar-refractivity contribution is 0.214. The lowest BCUT2D eigenvalue weighted by Crippen LogP contribution is -2.43. The Morgan fingerprint density at radius 2 is 1.95 bits per heavy atom. The minimum Gasteiger partial charge on any atom is -0.468 e. The van der Waals surface area contributed by atoms with Gasteiger partial charge in [0.1, 0.15) is 5.76 Å². The van der Waals surface area contributed by atoms with E-state index >= 15 is 0 Å². The van der Waals surface area contributed by atoms with Crippen LogP contribution in [-0.2, 0) is 0 Å². The van der Waals surface area contributed by atoms with E-state index in [-0.39, 0.29) is 0 Å². The molecule has 2 fully saturated rings. The summed E-state index contributed by atoms with van der Waals surface area (Å²) < 4.78 is 5.66. The number of furan rings is 1. The number of rotatable bonds is 4. The first-order valence-electron chi connectivity index (χ1n) is 8.11. The zero-order valence-electron chi connectivity index (χ0n) is 12.9. The summed E-state index contributed by atoms with van der Waals surface area (Å²) in [5.41, 5.74) is 0. The highest BCUT2D eigenvalue weighted by atomic mass is 16.3. The highest BCUT2D eigenvalue weighted by Crippen LogP contribution is 2.25. The van der Waals surface area contributed by atoms with Crippen molar-refractivity contribution < 1.29 is 4.42 Å². The standard InChI is InChI=1S/C16H26N4O/c1-17-16(20-10-4-5-11-20)18-13-14(15-7-6-12-21-15)19-8-2-3-9-19/h6-7,12,14H,2-5,8-11,13H2,1H3,(H,17,18). The van der Waals surface area contributed by atoms with Gasteiger partial charge in [0, 0.05) is 26.7 Å². The van der Waals surface area contributed by atoms with E-state index in [0.717, 1.165) is 44.4 Å². The lowest BCUT2D eigenvalue weighted by atomic mass is 10.2. The van der Waals surface area contributed by atoms with E-state index in [1.807, 2.05) is 13.1 Å². The quantitative estimate of drug-likeness (QED) is 0.681. The summed E-state index contributed by atoms with van der Waals surface area (Å²) >= 11 is 0. The van der Waals surface area contributed by atoms with E-state index in [1.54, 1.807) is 6.26 Å². The van der Waals surface area contributed by atoms with Gasteiger partial charge in [0.05, 0.1) is 12.3 Å². The Hall–Kier alpha value is -1.49. The van der Waals surface area contributed by atoms with E-state index in [9.17, 15) is 0 Å². The van der Waals surface area contributed by atoms with Crippen molar-refractivity contribution in [1.29, 1.82) is 0 Å². The summed E-state index contributed by atoms with van der Waals surface area (Å²) in [4.78, 5) is 9.30. The summed E-state index contributed by atoms with van der Waals surface area (Å²) in [6, 6.07) is 4.37. The van der Waals surface area contributed by atoms with Gasteiger partial charge in [0.25, 0.3) is 0 Å². The van der Waals surface area contributed by atoms with Crippen LogP contribution in [0.2, 0.25) is 0 Å². The number of guanidine groups is 1. The van der Waals surface area contributed by atoms with Crippen LogP contribution in [0.15, 0.2) is 27.8 Å². The van der Waals surface area contributed by atoms with Crippen molar-refractivity contribution in [3.63, 3.8) is 0 Å². The highest BCUT2D eigenvalue weighted by Gasteiger charge is 2.26. The number of nitrogens with zero attached hydrogens (tertiary/aromatic N) is 3. The second-order valence-corrected chi connectivity index (χ2v) is 5.90. The maximum atomic E-state index is 5.66. The average molecular weight is 290 g/mol. The van der Waals surface area contributed by atoms with Crippen LogP contribution in [0.4, 0.5) is 0 Å². The highest BCUT2D eigenvalue weighted by molar-refractivity contribution is 5.80. The first-order chi connectivity index (χ1) is 10.4. The van der Waals surface area contributed by atoms with Crippen molar-refractivity contribution in [2.75, 3.05) is 39.8 Å². The van der Waals surface area contributed by atoms with Gasteiger partial charge in [-0.15, -0.1) is 0 Å². The molecule has 5 heteroatoms. The summed E-state index contributed by atoms with van der Waals surface area (Å²) in [6.07, 6.45) is 6.90. The van der Waals surface area contributed by atoms with Crippen LogP contribution in [0.1, 0.15) is 37.5 Å². The lowest BCUT2D eigenvalue weighted by Gasteiger charge is -2.28. The third kappa shape index (κ3) is 3.40. The van der Waals surface area contributed by atoms with Gasteiger partial charge < -0.3 is 14.6 Å². The van der Waals surface area contributed by atoms with Gasteiger partial charge in [-0.1, -0.05) is 0 Å². The predicted molar refractivity (Wildman–Crippen MR) is 84.4 cm³/mol. The third-order valence-corrected chi connectivity index (χ3v) is 4.52. The molecule has 3 rings (SSSR count). The number of likely N-dealkylation sites (tertiary alicyclic amines) is 2. The van der Waals surface area contributed by atoms with Gasteiger partial charge in [-0.25, -0.2) is 0 Å². The molecule has 3 heterocycles. The zero-order valence-corrected chi connectivity index (χ0v) is 12.9. The van der Waals surface area contributed by atoms with Crippen LogP contribution in [0.25, 0.3) is 0 Å². The van der Waals surface area contributed by atoms with Crippen LogP contribution < -0.4 is 5.32 Å². The van der Waals surface area contributed by atoms with Crippen LogP contribution >= 0.6 is 0 Å². The molecular weight excluding hydrogens is 264 g/mol. The average Bonchev–Trinajstić information content (AvgIpc) is 3.26. The van der Waals surface area contributed by atoms with E-state index in [2.05, 4.69) is 26.2 Å². The Balaban J connectivity index is 1.64. The second kappa shape index (κ2) is 6.98. The Bertz CT molecular complexity index is 445. The Kier molecular flexibility index (Phi) is 4.80. The normalized spacial score (nSPS) is 22.0. The van der Waals surface area contributed by atoms with Gasteiger partial charge in [0.15, 0.2) is 5.96 Å². The Morgan fingerprint density at radius 3 is 2.57 bits per heavy atom. The van der Waals surface area contributed by atoms with Gasteiger partial charge >= 0.3 is 0 Å². The topological polar surface area (TPSA) is 44.0 Å². The van der Waals surface area contributed by atoms with Crippen molar-refractivity contribution in [3.8, 4) is 0 Å². The molecule has 2 saturated heterocycles. The summed E-state index contributed by atoms with van der Waals surface area (Å²) in [7, 11) is 1.87. The number of hydrogen-bond donors (Lipinski definition) is 1. The number of aliphatic imine (C=N–C) groups is 1. The van der Waals surface area contributed by atoms with E-state index < -0.39 is 0 Å². The fourth-order valence-electron chi connectivity index (χ4n) is 3.39. The third-order valence-electron chi connectivity index (χ3n) is 4.52. The number of nitrogens with one attached hydrogen (secondary N) is 1. The van der Waals surface area contributed by atoms with Crippen molar-refractivity contribution >= 4 is 5.96 Å². The Morgan fingerprint density at radius 1 is 1.24 bits per heavy atom. The minimum absolute atomic E-state index is 0.307. The van der Waals surface area contributed by atoms with Crippen LogP contribution in [0.5, 0.6) is 0 Å². The summed E-state index contributed by atoms with van der Waals surface area (Å²) in [5.74, 6) is 2.09. The van der Waals surface area contributed by atoms with Crippen LogP contribution in [0, 0.1) is 0 Å². The first-order valence-corrected chi connectivity index (χ1v) is 8.11. The fourth-order valence-corrected chi connectivity index (χ4v) is 3.39. The SMILES string of the molecule is CN=C(NCC(c1ccco1)N1CCCC1)N1CCCC1.